The Kier molecular flexibility index (Phi) is 3.94. The quantitative estimate of drug-likeness (QED) is 0.931. The van der Waals surface area contributed by atoms with Gasteiger partial charge in [0.2, 0.25) is 0 Å². The SMILES string of the molecule is OCCC1CCN(Cc2cc(F)cc3cccnc23)C1. The predicted octanol–water partition coefficient (Wildman–Crippen LogP) is 2.58. The van der Waals surface area contributed by atoms with E-state index in [2.05, 4.69) is 9.88 Å². The summed E-state index contributed by atoms with van der Waals surface area (Å²) in [5.74, 6) is 0.361. The standard InChI is InChI=1S/C16H19FN2O/c17-15-8-13-2-1-5-18-16(13)14(9-15)11-19-6-3-12(10-19)4-7-20/h1-2,5,8-9,12,20H,3-4,6-7,10-11H2. The Labute approximate surface area is 118 Å². The molecule has 0 bridgehead atoms. The molecule has 0 saturated carbocycles. The summed E-state index contributed by atoms with van der Waals surface area (Å²) in [6.45, 7) is 2.97. The van der Waals surface area contributed by atoms with Crippen LogP contribution < -0.4 is 0 Å². The molecule has 1 N–H and O–H groups in total. The number of hydrogen-bond acceptors (Lipinski definition) is 3. The fourth-order valence-electron chi connectivity index (χ4n) is 3.06. The van der Waals surface area contributed by atoms with Crippen molar-refractivity contribution in [3.05, 3.63) is 41.8 Å². The van der Waals surface area contributed by atoms with Gasteiger partial charge < -0.3 is 5.11 Å². The van der Waals surface area contributed by atoms with Gasteiger partial charge in [-0.15, -0.1) is 0 Å². The minimum Gasteiger partial charge on any atom is -0.396 e. The summed E-state index contributed by atoms with van der Waals surface area (Å²) in [7, 11) is 0. The van der Waals surface area contributed by atoms with Crippen molar-refractivity contribution in [1.29, 1.82) is 0 Å². The van der Waals surface area contributed by atoms with Gasteiger partial charge in [-0.2, -0.15) is 0 Å². The number of halogens is 1. The minimum atomic E-state index is -0.202. The summed E-state index contributed by atoms with van der Waals surface area (Å²) in [5.41, 5.74) is 1.84. The van der Waals surface area contributed by atoms with E-state index in [1.54, 1.807) is 12.3 Å². The van der Waals surface area contributed by atoms with Crippen LogP contribution in [0.25, 0.3) is 10.9 Å². The molecule has 106 valence electrons. The van der Waals surface area contributed by atoms with Crippen molar-refractivity contribution in [3.8, 4) is 0 Å². The van der Waals surface area contributed by atoms with Crippen LogP contribution in [0.5, 0.6) is 0 Å². The number of aliphatic hydroxyl groups excluding tert-OH is 1. The Hall–Kier alpha value is -1.52. The van der Waals surface area contributed by atoms with Crippen molar-refractivity contribution in [1.82, 2.24) is 9.88 Å². The number of pyridine rings is 1. The second-order valence-corrected chi connectivity index (χ2v) is 5.54. The second kappa shape index (κ2) is 5.85. The fourth-order valence-corrected chi connectivity index (χ4v) is 3.06. The Morgan fingerprint density at radius 3 is 3.15 bits per heavy atom. The highest BCUT2D eigenvalue weighted by atomic mass is 19.1. The third kappa shape index (κ3) is 2.81. The third-order valence-corrected chi connectivity index (χ3v) is 4.05. The van der Waals surface area contributed by atoms with Crippen LogP contribution in [0, 0.1) is 11.7 Å². The van der Waals surface area contributed by atoms with Gasteiger partial charge >= 0.3 is 0 Å². The lowest BCUT2D eigenvalue weighted by atomic mass is 10.1. The molecule has 0 aliphatic carbocycles. The molecule has 20 heavy (non-hydrogen) atoms. The number of nitrogens with zero attached hydrogens (tertiary/aromatic N) is 2. The van der Waals surface area contributed by atoms with Crippen molar-refractivity contribution in [2.75, 3.05) is 19.7 Å². The van der Waals surface area contributed by atoms with Crippen LogP contribution in [0.15, 0.2) is 30.5 Å². The largest absolute Gasteiger partial charge is 0.396 e. The van der Waals surface area contributed by atoms with Gasteiger partial charge in [-0.1, -0.05) is 6.07 Å². The molecule has 0 spiro atoms. The van der Waals surface area contributed by atoms with Gasteiger partial charge in [0.25, 0.3) is 0 Å². The molecule has 3 nitrogen and oxygen atoms in total. The van der Waals surface area contributed by atoms with Crippen molar-refractivity contribution in [3.63, 3.8) is 0 Å². The summed E-state index contributed by atoms with van der Waals surface area (Å²) in [4.78, 5) is 6.71. The minimum absolute atomic E-state index is 0.202. The lowest BCUT2D eigenvalue weighted by Crippen LogP contribution is -2.20. The zero-order valence-corrected chi connectivity index (χ0v) is 11.4. The van der Waals surface area contributed by atoms with E-state index in [1.807, 2.05) is 12.1 Å². The fraction of sp³-hybridized carbons (Fsp3) is 0.438. The van der Waals surface area contributed by atoms with E-state index in [-0.39, 0.29) is 12.4 Å². The zero-order valence-electron chi connectivity index (χ0n) is 11.4. The van der Waals surface area contributed by atoms with Crippen LogP contribution in [0.1, 0.15) is 18.4 Å². The molecule has 1 aromatic heterocycles. The number of hydrogen-bond donors (Lipinski definition) is 1. The predicted molar refractivity (Wildman–Crippen MR) is 76.8 cm³/mol. The second-order valence-electron chi connectivity index (χ2n) is 5.54. The number of aromatic nitrogens is 1. The lowest BCUT2D eigenvalue weighted by molar-refractivity contribution is 0.249. The first-order chi connectivity index (χ1) is 9.76. The molecular weight excluding hydrogens is 255 g/mol. The van der Waals surface area contributed by atoms with E-state index < -0.39 is 0 Å². The number of likely N-dealkylation sites (tertiary alicyclic amines) is 1. The first-order valence-electron chi connectivity index (χ1n) is 7.12. The van der Waals surface area contributed by atoms with Crippen molar-refractivity contribution in [2.45, 2.75) is 19.4 Å². The van der Waals surface area contributed by atoms with Crippen LogP contribution in [0.2, 0.25) is 0 Å². The van der Waals surface area contributed by atoms with Gasteiger partial charge in [0.1, 0.15) is 5.82 Å². The molecule has 1 aliphatic heterocycles. The normalized spacial score (nSPS) is 19.8. The maximum Gasteiger partial charge on any atom is 0.124 e. The van der Waals surface area contributed by atoms with Crippen LogP contribution in [0.4, 0.5) is 4.39 Å². The highest BCUT2D eigenvalue weighted by Crippen LogP contribution is 2.24. The monoisotopic (exact) mass is 274 g/mol. The topological polar surface area (TPSA) is 36.4 Å². The molecule has 1 fully saturated rings. The number of fused-ring (bicyclic) bond motifs is 1. The van der Waals surface area contributed by atoms with Gasteiger partial charge in [0, 0.05) is 31.3 Å². The van der Waals surface area contributed by atoms with Crippen LogP contribution in [0.3, 0.4) is 0 Å². The molecule has 0 amide bonds. The number of benzene rings is 1. The van der Waals surface area contributed by atoms with Crippen molar-refractivity contribution < 1.29 is 9.50 Å². The summed E-state index contributed by atoms with van der Waals surface area (Å²) in [5, 5.41) is 9.86. The molecule has 1 aliphatic rings. The van der Waals surface area contributed by atoms with Gasteiger partial charge in [0.15, 0.2) is 0 Å². The van der Waals surface area contributed by atoms with Gasteiger partial charge in [0.05, 0.1) is 5.52 Å². The first kappa shape index (κ1) is 13.5. The number of aliphatic hydroxyl groups is 1. The summed E-state index contributed by atoms with van der Waals surface area (Å²) >= 11 is 0. The molecular formula is C16H19FN2O. The maximum absolute atomic E-state index is 13.7. The Balaban J connectivity index is 1.81. The van der Waals surface area contributed by atoms with Crippen molar-refractivity contribution in [2.24, 2.45) is 5.92 Å². The highest BCUT2D eigenvalue weighted by Gasteiger charge is 2.22. The van der Waals surface area contributed by atoms with E-state index in [0.717, 1.165) is 48.9 Å². The molecule has 0 radical (unpaired) electrons. The summed E-state index contributed by atoms with van der Waals surface area (Å²) < 4.78 is 13.7. The summed E-state index contributed by atoms with van der Waals surface area (Å²) in [6, 6.07) is 6.85. The van der Waals surface area contributed by atoms with Gasteiger partial charge in [-0.05, 0) is 49.1 Å². The van der Waals surface area contributed by atoms with Gasteiger partial charge in [-0.3, -0.25) is 9.88 Å². The van der Waals surface area contributed by atoms with Gasteiger partial charge in [-0.25, -0.2) is 4.39 Å². The van der Waals surface area contributed by atoms with Crippen LogP contribution in [-0.2, 0) is 6.54 Å². The first-order valence-corrected chi connectivity index (χ1v) is 7.12. The Morgan fingerprint density at radius 2 is 2.30 bits per heavy atom. The van der Waals surface area contributed by atoms with Crippen molar-refractivity contribution >= 4 is 10.9 Å². The maximum atomic E-state index is 13.7. The molecule has 4 heteroatoms. The van der Waals surface area contributed by atoms with Crippen LogP contribution >= 0.6 is 0 Å². The average Bonchev–Trinajstić information content (AvgIpc) is 2.86. The van der Waals surface area contributed by atoms with E-state index in [1.165, 1.54) is 6.07 Å². The van der Waals surface area contributed by atoms with E-state index >= 15 is 0 Å². The number of rotatable bonds is 4. The molecule has 1 unspecified atom stereocenters. The zero-order chi connectivity index (χ0) is 13.9. The molecule has 2 aromatic rings. The molecule has 2 heterocycles. The van der Waals surface area contributed by atoms with E-state index in [4.69, 9.17) is 5.11 Å². The molecule has 1 atom stereocenters. The van der Waals surface area contributed by atoms with Crippen LogP contribution in [-0.4, -0.2) is 34.7 Å². The molecule has 1 saturated heterocycles. The summed E-state index contributed by atoms with van der Waals surface area (Å²) in [6.07, 6.45) is 3.72. The Morgan fingerprint density at radius 1 is 1.40 bits per heavy atom. The average molecular weight is 274 g/mol. The molecule has 1 aromatic carbocycles. The highest BCUT2D eigenvalue weighted by molar-refractivity contribution is 5.81. The third-order valence-electron chi connectivity index (χ3n) is 4.05. The van der Waals surface area contributed by atoms with E-state index in [9.17, 15) is 4.39 Å². The Bertz CT molecular complexity index is 602. The molecule has 3 rings (SSSR count). The van der Waals surface area contributed by atoms with E-state index in [0.29, 0.717) is 5.92 Å². The smallest absolute Gasteiger partial charge is 0.124 e. The lowest BCUT2D eigenvalue weighted by Gasteiger charge is -2.17.